The van der Waals surface area contributed by atoms with Crippen molar-refractivity contribution in [2.45, 2.75) is 18.9 Å². The molecule has 2 N–H and O–H groups in total. The third kappa shape index (κ3) is 3.12. The van der Waals surface area contributed by atoms with Crippen LogP contribution in [0.5, 0.6) is 0 Å². The highest BCUT2D eigenvalue weighted by molar-refractivity contribution is 5.78. The Kier molecular flexibility index (Phi) is 3.52. The van der Waals surface area contributed by atoms with E-state index in [2.05, 4.69) is 27.7 Å². The molecule has 17 heavy (non-hydrogen) atoms. The molecule has 0 bridgehead atoms. The predicted octanol–water partition coefficient (Wildman–Crippen LogP) is 1.44. The monoisotopic (exact) mass is 233 g/mol. The molecule has 1 aromatic carbocycles. The molecule has 0 aromatic heterocycles. The first-order chi connectivity index (χ1) is 8.15. The number of rotatable bonds is 4. The van der Waals surface area contributed by atoms with Gasteiger partial charge in [0.25, 0.3) is 0 Å². The smallest absolute Gasteiger partial charge is 0.220 e. The maximum atomic E-state index is 11.1. The van der Waals surface area contributed by atoms with Gasteiger partial charge in [-0.15, -0.1) is 0 Å². The molecule has 1 aromatic rings. The fourth-order valence-corrected chi connectivity index (χ4v) is 1.97. The summed E-state index contributed by atoms with van der Waals surface area (Å²) in [4.78, 5) is 13.1. The summed E-state index contributed by atoms with van der Waals surface area (Å²) in [5, 5.41) is 6.31. The van der Waals surface area contributed by atoms with Gasteiger partial charge in [0.15, 0.2) is 0 Å². The Labute approximate surface area is 102 Å². The van der Waals surface area contributed by atoms with Gasteiger partial charge < -0.3 is 15.5 Å². The van der Waals surface area contributed by atoms with Crippen LogP contribution in [0.1, 0.15) is 12.8 Å². The molecule has 1 unspecified atom stereocenters. The first-order valence-corrected chi connectivity index (χ1v) is 5.96. The van der Waals surface area contributed by atoms with Crippen molar-refractivity contribution in [3.05, 3.63) is 24.3 Å². The molecule has 4 nitrogen and oxygen atoms in total. The lowest BCUT2D eigenvalue weighted by Crippen LogP contribution is -2.31. The summed E-state index contributed by atoms with van der Waals surface area (Å²) in [6.07, 6.45) is 1.59. The second kappa shape index (κ2) is 5.08. The van der Waals surface area contributed by atoms with E-state index in [1.807, 2.05) is 26.2 Å². The lowest BCUT2D eigenvalue weighted by Gasteiger charge is -2.16. The standard InChI is InChI=1S/C13H19N3O/c1-16(2)12-5-3-4-10(8-12)14-9-11-6-7-13(17)15-11/h3-5,8,11,14H,6-7,9H2,1-2H3,(H,15,17). The Bertz CT molecular complexity index is 403. The van der Waals surface area contributed by atoms with Crippen LogP contribution in [0.15, 0.2) is 24.3 Å². The third-order valence-corrected chi connectivity index (χ3v) is 3.00. The van der Waals surface area contributed by atoms with Crippen molar-refractivity contribution in [1.82, 2.24) is 5.32 Å². The van der Waals surface area contributed by atoms with Crippen LogP contribution in [-0.4, -0.2) is 32.6 Å². The summed E-state index contributed by atoms with van der Waals surface area (Å²) in [7, 11) is 4.05. The third-order valence-electron chi connectivity index (χ3n) is 3.00. The number of benzene rings is 1. The molecular formula is C13H19N3O. The van der Waals surface area contributed by atoms with E-state index in [0.717, 1.165) is 18.7 Å². The van der Waals surface area contributed by atoms with E-state index in [1.165, 1.54) is 5.69 Å². The van der Waals surface area contributed by atoms with Gasteiger partial charge in [-0.2, -0.15) is 0 Å². The Morgan fingerprint density at radius 2 is 2.29 bits per heavy atom. The topological polar surface area (TPSA) is 44.4 Å². The molecule has 1 fully saturated rings. The van der Waals surface area contributed by atoms with Crippen molar-refractivity contribution in [3.63, 3.8) is 0 Å². The summed E-state index contributed by atoms with van der Waals surface area (Å²) in [6.45, 7) is 0.794. The lowest BCUT2D eigenvalue weighted by atomic mass is 10.2. The Hall–Kier alpha value is -1.71. The number of carbonyl (C=O) groups excluding carboxylic acids is 1. The second-order valence-corrected chi connectivity index (χ2v) is 4.63. The minimum Gasteiger partial charge on any atom is -0.383 e. The van der Waals surface area contributed by atoms with Gasteiger partial charge in [-0.3, -0.25) is 4.79 Å². The van der Waals surface area contributed by atoms with E-state index in [9.17, 15) is 4.79 Å². The molecule has 2 rings (SSSR count). The number of anilines is 2. The van der Waals surface area contributed by atoms with Crippen LogP contribution in [0, 0.1) is 0 Å². The highest BCUT2D eigenvalue weighted by atomic mass is 16.1. The Morgan fingerprint density at radius 1 is 1.47 bits per heavy atom. The van der Waals surface area contributed by atoms with Crippen molar-refractivity contribution in [2.75, 3.05) is 30.9 Å². The zero-order valence-electron chi connectivity index (χ0n) is 10.4. The molecule has 1 atom stereocenters. The van der Waals surface area contributed by atoms with Gasteiger partial charge in [-0.1, -0.05) is 6.07 Å². The van der Waals surface area contributed by atoms with E-state index in [-0.39, 0.29) is 11.9 Å². The zero-order valence-corrected chi connectivity index (χ0v) is 10.4. The number of nitrogens with zero attached hydrogens (tertiary/aromatic N) is 1. The van der Waals surface area contributed by atoms with Gasteiger partial charge in [0.1, 0.15) is 0 Å². The molecule has 0 aliphatic carbocycles. The lowest BCUT2D eigenvalue weighted by molar-refractivity contribution is -0.119. The Balaban J connectivity index is 1.90. The molecule has 1 heterocycles. The molecule has 0 saturated carbocycles. The van der Waals surface area contributed by atoms with Crippen LogP contribution in [0.4, 0.5) is 11.4 Å². The van der Waals surface area contributed by atoms with Crippen LogP contribution in [0.2, 0.25) is 0 Å². The van der Waals surface area contributed by atoms with Crippen LogP contribution in [0.3, 0.4) is 0 Å². The van der Waals surface area contributed by atoms with Crippen LogP contribution in [-0.2, 0) is 4.79 Å². The quantitative estimate of drug-likeness (QED) is 0.827. The molecule has 1 aliphatic heterocycles. The van der Waals surface area contributed by atoms with Gasteiger partial charge in [0.2, 0.25) is 5.91 Å². The van der Waals surface area contributed by atoms with Crippen LogP contribution in [0.25, 0.3) is 0 Å². The summed E-state index contributed by atoms with van der Waals surface area (Å²) in [6, 6.07) is 8.53. The molecular weight excluding hydrogens is 214 g/mol. The number of nitrogens with one attached hydrogen (secondary N) is 2. The highest BCUT2D eigenvalue weighted by Crippen LogP contribution is 2.17. The molecule has 0 radical (unpaired) electrons. The van der Waals surface area contributed by atoms with Crippen LogP contribution < -0.4 is 15.5 Å². The van der Waals surface area contributed by atoms with Gasteiger partial charge in [0, 0.05) is 44.5 Å². The van der Waals surface area contributed by atoms with Crippen molar-refractivity contribution < 1.29 is 4.79 Å². The van der Waals surface area contributed by atoms with E-state index < -0.39 is 0 Å². The molecule has 1 aliphatic rings. The second-order valence-electron chi connectivity index (χ2n) is 4.63. The fraction of sp³-hybridized carbons (Fsp3) is 0.462. The minimum atomic E-state index is 0.166. The van der Waals surface area contributed by atoms with Crippen molar-refractivity contribution >= 4 is 17.3 Å². The maximum Gasteiger partial charge on any atom is 0.220 e. The summed E-state index contributed by atoms with van der Waals surface area (Å²) < 4.78 is 0. The first-order valence-electron chi connectivity index (χ1n) is 5.96. The molecule has 1 saturated heterocycles. The predicted molar refractivity (Wildman–Crippen MR) is 70.4 cm³/mol. The maximum absolute atomic E-state index is 11.1. The number of carbonyl (C=O) groups is 1. The van der Waals surface area contributed by atoms with Crippen molar-refractivity contribution in [3.8, 4) is 0 Å². The molecule has 4 heteroatoms. The summed E-state index contributed by atoms with van der Waals surface area (Å²) in [5.74, 6) is 0.166. The first kappa shape index (κ1) is 11.8. The van der Waals surface area contributed by atoms with Gasteiger partial charge in [-0.25, -0.2) is 0 Å². The van der Waals surface area contributed by atoms with Crippen molar-refractivity contribution in [1.29, 1.82) is 0 Å². The Morgan fingerprint density at radius 3 is 2.94 bits per heavy atom. The minimum absolute atomic E-state index is 0.166. The van der Waals surface area contributed by atoms with E-state index >= 15 is 0 Å². The van der Waals surface area contributed by atoms with E-state index in [1.54, 1.807) is 0 Å². The summed E-state index contributed by atoms with van der Waals surface area (Å²) in [5.41, 5.74) is 2.27. The average Bonchev–Trinajstić information content (AvgIpc) is 2.73. The number of hydrogen-bond donors (Lipinski definition) is 2. The zero-order chi connectivity index (χ0) is 12.3. The van der Waals surface area contributed by atoms with Gasteiger partial charge in [-0.05, 0) is 24.6 Å². The average molecular weight is 233 g/mol. The SMILES string of the molecule is CN(C)c1cccc(NCC2CCC(=O)N2)c1. The van der Waals surface area contributed by atoms with Gasteiger partial charge >= 0.3 is 0 Å². The van der Waals surface area contributed by atoms with E-state index in [0.29, 0.717) is 6.42 Å². The number of hydrogen-bond acceptors (Lipinski definition) is 3. The number of amides is 1. The normalized spacial score (nSPS) is 18.9. The van der Waals surface area contributed by atoms with E-state index in [4.69, 9.17) is 0 Å². The molecule has 1 amide bonds. The van der Waals surface area contributed by atoms with Gasteiger partial charge in [0.05, 0.1) is 0 Å². The molecule has 0 spiro atoms. The van der Waals surface area contributed by atoms with Crippen molar-refractivity contribution in [2.24, 2.45) is 0 Å². The fourth-order valence-electron chi connectivity index (χ4n) is 1.97. The highest BCUT2D eigenvalue weighted by Gasteiger charge is 2.19. The van der Waals surface area contributed by atoms with Crippen LogP contribution >= 0.6 is 0 Å². The largest absolute Gasteiger partial charge is 0.383 e. The summed E-state index contributed by atoms with van der Waals surface area (Å²) >= 11 is 0. The molecule has 92 valence electrons.